The maximum absolute atomic E-state index is 5.85. The Morgan fingerprint density at radius 1 is 1.53 bits per heavy atom. The van der Waals surface area contributed by atoms with E-state index in [9.17, 15) is 0 Å². The molecule has 0 spiro atoms. The number of nitrogens with two attached hydrogens (primary N) is 1. The van der Waals surface area contributed by atoms with E-state index in [0.29, 0.717) is 11.9 Å². The Bertz CT molecular complexity index is 378. The van der Waals surface area contributed by atoms with E-state index < -0.39 is 0 Å². The molecule has 1 heterocycles. The summed E-state index contributed by atoms with van der Waals surface area (Å²) in [4.78, 5) is 1.11. The van der Waals surface area contributed by atoms with E-state index in [2.05, 4.69) is 29.8 Å². The normalized spacial score (nSPS) is 28.5. The van der Waals surface area contributed by atoms with E-state index in [4.69, 9.17) is 5.73 Å². The van der Waals surface area contributed by atoms with Crippen molar-refractivity contribution in [3.63, 3.8) is 0 Å². The van der Waals surface area contributed by atoms with Crippen molar-refractivity contribution in [2.75, 3.05) is 17.3 Å². The summed E-state index contributed by atoms with van der Waals surface area (Å²) in [6.07, 6.45) is 5.96. The number of nitrogen functional groups attached to an aromatic ring is 1. The van der Waals surface area contributed by atoms with Crippen LogP contribution in [-0.2, 0) is 0 Å². The average molecular weight is 271 g/mol. The van der Waals surface area contributed by atoms with Crippen LogP contribution in [0.5, 0.6) is 0 Å². The highest BCUT2D eigenvalue weighted by Gasteiger charge is 2.32. The molecule has 5 heteroatoms. The lowest BCUT2D eigenvalue weighted by Gasteiger charge is -2.21. The smallest absolute Gasteiger partial charge is 0.153 e. The van der Waals surface area contributed by atoms with Crippen LogP contribution in [0.1, 0.15) is 33.1 Å². The molecule has 1 aromatic rings. The lowest BCUT2D eigenvalue weighted by molar-refractivity contribution is 0.392. The number of nitrogens with zero attached hydrogens (tertiary/aromatic N) is 1. The van der Waals surface area contributed by atoms with E-state index in [-0.39, 0.29) is 0 Å². The Morgan fingerprint density at radius 2 is 2.29 bits per heavy atom. The summed E-state index contributed by atoms with van der Waals surface area (Å²) in [5, 5.41) is 4.81. The number of rotatable bonds is 4. The van der Waals surface area contributed by atoms with Crippen LogP contribution in [0.3, 0.4) is 0 Å². The lowest BCUT2D eigenvalue weighted by atomic mass is 9.93. The molecule has 0 aromatic carbocycles. The zero-order valence-corrected chi connectivity index (χ0v) is 12.3. The maximum Gasteiger partial charge on any atom is 0.153 e. The number of hydrogen-bond acceptors (Lipinski definition) is 5. The highest BCUT2D eigenvalue weighted by molar-refractivity contribution is 7.99. The minimum atomic E-state index is 0.589. The van der Waals surface area contributed by atoms with Gasteiger partial charge >= 0.3 is 0 Å². The zero-order chi connectivity index (χ0) is 12.4. The van der Waals surface area contributed by atoms with Gasteiger partial charge in [0.15, 0.2) is 5.82 Å². The first kappa shape index (κ1) is 13.0. The molecule has 0 radical (unpaired) electrons. The van der Waals surface area contributed by atoms with Crippen LogP contribution in [0.4, 0.5) is 10.8 Å². The van der Waals surface area contributed by atoms with Gasteiger partial charge in [0, 0.05) is 6.04 Å². The predicted molar refractivity (Wildman–Crippen MR) is 77.9 cm³/mol. The molecule has 3 atom stereocenters. The first-order chi connectivity index (χ1) is 8.17. The van der Waals surface area contributed by atoms with Crippen LogP contribution >= 0.6 is 23.3 Å². The third-order valence-electron chi connectivity index (χ3n) is 3.95. The van der Waals surface area contributed by atoms with Crippen molar-refractivity contribution >= 4 is 34.1 Å². The van der Waals surface area contributed by atoms with Crippen LogP contribution in [0.25, 0.3) is 0 Å². The number of anilines is 2. The van der Waals surface area contributed by atoms with E-state index in [1.165, 1.54) is 30.8 Å². The van der Waals surface area contributed by atoms with Crippen LogP contribution in [0.15, 0.2) is 4.90 Å². The molecule has 1 saturated carbocycles. The molecule has 3 unspecified atom stereocenters. The second kappa shape index (κ2) is 5.48. The molecule has 1 fully saturated rings. The molecule has 3 N–H and O–H groups in total. The summed E-state index contributed by atoms with van der Waals surface area (Å²) in [6, 6.07) is 0.589. The first-order valence-corrected chi connectivity index (χ1v) is 8.22. The quantitative estimate of drug-likeness (QED) is 0.820. The molecule has 1 aliphatic carbocycles. The van der Waals surface area contributed by atoms with E-state index >= 15 is 0 Å². The van der Waals surface area contributed by atoms with Crippen molar-refractivity contribution in [1.82, 2.24) is 4.37 Å². The van der Waals surface area contributed by atoms with Gasteiger partial charge in [0.2, 0.25) is 0 Å². The predicted octanol–water partition coefficient (Wildman–Crippen LogP) is 3.68. The van der Waals surface area contributed by atoms with Crippen molar-refractivity contribution < 1.29 is 0 Å². The van der Waals surface area contributed by atoms with Gasteiger partial charge in [-0.1, -0.05) is 20.3 Å². The minimum absolute atomic E-state index is 0.589. The highest BCUT2D eigenvalue weighted by atomic mass is 32.2. The number of nitrogens with one attached hydrogen (secondary N) is 1. The van der Waals surface area contributed by atoms with Gasteiger partial charge < -0.3 is 11.1 Å². The van der Waals surface area contributed by atoms with Gasteiger partial charge in [0.25, 0.3) is 0 Å². The van der Waals surface area contributed by atoms with Crippen molar-refractivity contribution in [3.05, 3.63) is 0 Å². The highest BCUT2D eigenvalue weighted by Crippen LogP contribution is 2.40. The molecule has 96 valence electrons. The Kier molecular flexibility index (Phi) is 4.20. The SMILES string of the molecule is CCC1CCC(Nc2snc(N)c2SC)C1C. The van der Waals surface area contributed by atoms with Gasteiger partial charge in [-0.15, -0.1) is 11.8 Å². The summed E-state index contributed by atoms with van der Waals surface area (Å²) in [6.45, 7) is 4.66. The molecule has 0 aliphatic heterocycles. The van der Waals surface area contributed by atoms with E-state index in [0.717, 1.165) is 21.7 Å². The van der Waals surface area contributed by atoms with Crippen LogP contribution in [0.2, 0.25) is 0 Å². The summed E-state index contributed by atoms with van der Waals surface area (Å²) < 4.78 is 4.23. The molecule has 1 aromatic heterocycles. The van der Waals surface area contributed by atoms with Crippen molar-refractivity contribution in [2.45, 2.75) is 44.0 Å². The average Bonchev–Trinajstić information content (AvgIpc) is 2.84. The van der Waals surface area contributed by atoms with Gasteiger partial charge in [-0.25, -0.2) is 0 Å². The lowest BCUT2D eigenvalue weighted by Crippen LogP contribution is -2.24. The van der Waals surface area contributed by atoms with Gasteiger partial charge in [0.05, 0.1) is 4.90 Å². The third-order valence-corrected chi connectivity index (χ3v) is 5.69. The van der Waals surface area contributed by atoms with Crippen LogP contribution in [-0.4, -0.2) is 16.7 Å². The van der Waals surface area contributed by atoms with Crippen LogP contribution < -0.4 is 11.1 Å². The number of aromatic nitrogens is 1. The fourth-order valence-electron chi connectivity index (χ4n) is 2.78. The molecule has 17 heavy (non-hydrogen) atoms. The Labute approximate surface area is 112 Å². The Balaban J connectivity index is 2.06. The Morgan fingerprint density at radius 3 is 2.88 bits per heavy atom. The standard InChI is InChI=1S/C12H21N3S2/c1-4-8-5-6-9(7(8)2)14-12-10(16-3)11(13)15-17-12/h7-9,14H,4-6H2,1-3H3,(H2,13,15). The fraction of sp³-hybridized carbons (Fsp3) is 0.750. The molecule has 1 aliphatic rings. The van der Waals surface area contributed by atoms with Gasteiger partial charge in [0.1, 0.15) is 5.00 Å². The molecular weight excluding hydrogens is 250 g/mol. The second-order valence-electron chi connectivity index (χ2n) is 4.79. The molecule has 2 rings (SSSR count). The maximum atomic E-state index is 5.85. The van der Waals surface area contributed by atoms with Gasteiger partial charge in [-0.2, -0.15) is 4.37 Å². The fourth-order valence-corrected chi connectivity index (χ4v) is 4.37. The van der Waals surface area contributed by atoms with Crippen molar-refractivity contribution in [2.24, 2.45) is 11.8 Å². The largest absolute Gasteiger partial charge is 0.382 e. The first-order valence-electron chi connectivity index (χ1n) is 6.23. The number of thioether (sulfide) groups is 1. The number of hydrogen-bond donors (Lipinski definition) is 2. The Hall–Kier alpha value is -0.420. The molecule has 0 saturated heterocycles. The summed E-state index contributed by atoms with van der Waals surface area (Å²) in [5.74, 6) is 2.29. The summed E-state index contributed by atoms with van der Waals surface area (Å²) in [7, 11) is 0. The molecule has 0 amide bonds. The monoisotopic (exact) mass is 271 g/mol. The van der Waals surface area contributed by atoms with E-state index in [1.807, 2.05) is 0 Å². The topological polar surface area (TPSA) is 50.9 Å². The second-order valence-corrected chi connectivity index (χ2v) is 6.38. The third kappa shape index (κ3) is 2.55. The zero-order valence-electron chi connectivity index (χ0n) is 10.7. The van der Waals surface area contributed by atoms with Gasteiger partial charge in [-0.05, 0) is 42.5 Å². The molecule has 0 bridgehead atoms. The van der Waals surface area contributed by atoms with Crippen molar-refractivity contribution in [3.8, 4) is 0 Å². The van der Waals surface area contributed by atoms with Crippen LogP contribution in [0, 0.1) is 11.8 Å². The summed E-state index contributed by atoms with van der Waals surface area (Å²) in [5.41, 5.74) is 5.85. The minimum Gasteiger partial charge on any atom is -0.382 e. The van der Waals surface area contributed by atoms with Crippen molar-refractivity contribution in [1.29, 1.82) is 0 Å². The summed E-state index contributed by atoms with van der Waals surface area (Å²) >= 11 is 3.17. The van der Waals surface area contributed by atoms with E-state index in [1.54, 1.807) is 11.8 Å². The molecular formula is C12H21N3S2. The molecule has 3 nitrogen and oxygen atoms in total. The van der Waals surface area contributed by atoms with Gasteiger partial charge in [-0.3, -0.25) is 0 Å².